The maximum atomic E-state index is 5.64. The molecule has 0 saturated carbocycles. The van der Waals surface area contributed by atoms with Gasteiger partial charge in [0.2, 0.25) is 0 Å². The molecular formula is C12H16BrN5. The summed E-state index contributed by atoms with van der Waals surface area (Å²) in [7, 11) is 1.92. The first kappa shape index (κ1) is 13.2. The molecule has 0 fully saturated rings. The molecule has 3 N–H and O–H groups in total. The zero-order chi connectivity index (χ0) is 13.1. The van der Waals surface area contributed by atoms with Gasteiger partial charge in [0.15, 0.2) is 0 Å². The molecule has 5 nitrogen and oxygen atoms in total. The second-order valence-electron chi connectivity index (χ2n) is 4.20. The molecule has 0 bridgehead atoms. The number of halogens is 1. The molecule has 0 saturated heterocycles. The second-order valence-corrected chi connectivity index (χ2v) is 5.12. The first-order valence-corrected chi connectivity index (χ1v) is 6.46. The summed E-state index contributed by atoms with van der Waals surface area (Å²) >= 11 is 3.37. The monoisotopic (exact) mass is 309 g/mol. The number of hydrogen-bond donors (Lipinski definition) is 2. The number of hydrazine groups is 1. The van der Waals surface area contributed by atoms with Gasteiger partial charge in [-0.2, -0.15) is 5.10 Å². The predicted molar refractivity (Wildman–Crippen MR) is 73.7 cm³/mol. The summed E-state index contributed by atoms with van der Waals surface area (Å²) in [5.74, 6) is 5.64. The highest BCUT2D eigenvalue weighted by atomic mass is 79.9. The van der Waals surface area contributed by atoms with Gasteiger partial charge in [-0.15, -0.1) is 0 Å². The minimum absolute atomic E-state index is 0.0207. The van der Waals surface area contributed by atoms with Crippen LogP contribution in [0, 0.1) is 6.92 Å². The van der Waals surface area contributed by atoms with E-state index in [0.717, 1.165) is 27.8 Å². The first-order chi connectivity index (χ1) is 8.61. The van der Waals surface area contributed by atoms with Gasteiger partial charge in [0.05, 0.1) is 12.2 Å². The zero-order valence-electron chi connectivity index (χ0n) is 10.4. The molecule has 0 aliphatic heterocycles. The van der Waals surface area contributed by atoms with Crippen molar-refractivity contribution >= 4 is 15.9 Å². The van der Waals surface area contributed by atoms with Crippen molar-refractivity contribution in [3.05, 3.63) is 46.0 Å². The summed E-state index contributed by atoms with van der Waals surface area (Å²) in [6.07, 6.45) is 4.37. The molecule has 2 rings (SSSR count). The van der Waals surface area contributed by atoms with E-state index in [9.17, 15) is 0 Å². The van der Waals surface area contributed by atoms with Gasteiger partial charge < -0.3 is 0 Å². The molecule has 2 heterocycles. The SMILES string of the molecule is Cc1c(C(Cc2ccc(Br)cn2)NN)cnn1C. The number of aromatic nitrogens is 3. The number of hydrogen-bond acceptors (Lipinski definition) is 4. The van der Waals surface area contributed by atoms with Crippen molar-refractivity contribution < 1.29 is 0 Å². The fourth-order valence-electron chi connectivity index (χ4n) is 1.85. The largest absolute Gasteiger partial charge is 0.273 e. The lowest BCUT2D eigenvalue weighted by molar-refractivity contribution is 0.542. The molecule has 0 aliphatic carbocycles. The van der Waals surface area contributed by atoms with Crippen LogP contribution in [0.3, 0.4) is 0 Å². The molecule has 2 aromatic heterocycles. The van der Waals surface area contributed by atoms with Crippen LogP contribution in [0.5, 0.6) is 0 Å². The highest BCUT2D eigenvalue weighted by Gasteiger charge is 2.16. The van der Waals surface area contributed by atoms with Gasteiger partial charge in [-0.1, -0.05) is 0 Å². The Morgan fingerprint density at radius 3 is 2.72 bits per heavy atom. The van der Waals surface area contributed by atoms with E-state index in [1.807, 2.05) is 37.0 Å². The number of aryl methyl sites for hydroxylation is 1. The van der Waals surface area contributed by atoms with E-state index in [0.29, 0.717) is 0 Å². The Morgan fingerprint density at radius 1 is 1.44 bits per heavy atom. The van der Waals surface area contributed by atoms with E-state index >= 15 is 0 Å². The molecule has 0 aromatic carbocycles. The Morgan fingerprint density at radius 2 is 2.22 bits per heavy atom. The zero-order valence-corrected chi connectivity index (χ0v) is 12.0. The van der Waals surface area contributed by atoms with E-state index in [2.05, 4.69) is 31.4 Å². The number of nitrogens with zero attached hydrogens (tertiary/aromatic N) is 3. The molecular weight excluding hydrogens is 294 g/mol. The second kappa shape index (κ2) is 5.60. The average Bonchev–Trinajstić information content (AvgIpc) is 2.70. The van der Waals surface area contributed by atoms with Gasteiger partial charge >= 0.3 is 0 Å². The van der Waals surface area contributed by atoms with Crippen molar-refractivity contribution in [1.29, 1.82) is 0 Å². The molecule has 18 heavy (non-hydrogen) atoms. The van der Waals surface area contributed by atoms with Crippen molar-refractivity contribution in [3.63, 3.8) is 0 Å². The molecule has 6 heteroatoms. The molecule has 1 atom stereocenters. The third-order valence-corrected chi connectivity index (χ3v) is 3.52. The number of rotatable bonds is 4. The van der Waals surface area contributed by atoms with Crippen LogP contribution in [0.1, 0.15) is 23.0 Å². The van der Waals surface area contributed by atoms with E-state index in [4.69, 9.17) is 5.84 Å². The van der Waals surface area contributed by atoms with Crippen LogP contribution >= 0.6 is 15.9 Å². The highest BCUT2D eigenvalue weighted by Crippen LogP contribution is 2.20. The first-order valence-electron chi connectivity index (χ1n) is 5.67. The standard InChI is InChI=1S/C12H16BrN5/c1-8-11(7-16-18(8)2)12(17-14)5-10-4-3-9(13)6-15-10/h3-4,6-7,12,17H,5,14H2,1-2H3. The normalized spacial score (nSPS) is 12.7. The van der Waals surface area contributed by atoms with Crippen molar-refractivity contribution in [2.45, 2.75) is 19.4 Å². The van der Waals surface area contributed by atoms with Gasteiger partial charge in [0.25, 0.3) is 0 Å². The summed E-state index contributed by atoms with van der Waals surface area (Å²) < 4.78 is 2.82. The highest BCUT2D eigenvalue weighted by molar-refractivity contribution is 9.10. The number of nitrogens with two attached hydrogens (primary N) is 1. The molecule has 96 valence electrons. The lowest BCUT2D eigenvalue weighted by atomic mass is 10.0. The van der Waals surface area contributed by atoms with Crippen LogP contribution in [0.15, 0.2) is 29.0 Å². The van der Waals surface area contributed by atoms with Crippen LogP contribution in [0.4, 0.5) is 0 Å². The maximum Gasteiger partial charge on any atom is 0.0549 e. The van der Waals surface area contributed by atoms with Crippen LogP contribution in [0.2, 0.25) is 0 Å². The van der Waals surface area contributed by atoms with Crippen LogP contribution < -0.4 is 11.3 Å². The molecule has 0 spiro atoms. The lowest BCUT2D eigenvalue weighted by Crippen LogP contribution is -2.30. The maximum absolute atomic E-state index is 5.64. The summed E-state index contributed by atoms with van der Waals surface area (Å²) in [4.78, 5) is 4.36. The minimum atomic E-state index is 0.0207. The fraction of sp³-hybridized carbons (Fsp3) is 0.333. The van der Waals surface area contributed by atoms with Gasteiger partial charge in [0, 0.05) is 41.1 Å². The summed E-state index contributed by atoms with van der Waals surface area (Å²) in [6, 6.07) is 3.99. The Bertz CT molecular complexity index is 520. The van der Waals surface area contributed by atoms with E-state index < -0.39 is 0 Å². The van der Waals surface area contributed by atoms with Crippen molar-refractivity contribution in [2.75, 3.05) is 0 Å². The smallest absolute Gasteiger partial charge is 0.0549 e. The topological polar surface area (TPSA) is 68.8 Å². The van der Waals surface area contributed by atoms with Crippen LogP contribution in [-0.4, -0.2) is 14.8 Å². The Labute approximate surface area is 115 Å². The quantitative estimate of drug-likeness (QED) is 0.665. The lowest BCUT2D eigenvalue weighted by Gasteiger charge is -2.15. The minimum Gasteiger partial charge on any atom is -0.273 e. The molecule has 0 aliphatic rings. The van der Waals surface area contributed by atoms with Crippen molar-refractivity contribution in [1.82, 2.24) is 20.2 Å². The summed E-state index contributed by atoms with van der Waals surface area (Å²) in [5.41, 5.74) is 6.03. The molecule has 0 amide bonds. The van der Waals surface area contributed by atoms with E-state index in [-0.39, 0.29) is 6.04 Å². The fourth-order valence-corrected chi connectivity index (χ4v) is 2.09. The molecule has 1 unspecified atom stereocenters. The third kappa shape index (κ3) is 2.77. The Hall–Kier alpha value is -1.24. The van der Waals surface area contributed by atoms with E-state index in [1.165, 1.54) is 0 Å². The van der Waals surface area contributed by atoms with Crippen molar-refractivity contribution in [3.8, 4) is 0 Å². The number of pyridine rings is 1. The van der Waals surface area contributed by atoms with Gasteiger partial charge in [0.1, 0.15) is 0 Å². The van der Waals surface area contributed by atoms with Gasteiger partial charge in [-0.25, -0.2) is 0 Å². The molecule has 0 radical (unpaired) electrons. The summed E-state index contributed by atoms with van der Waals surface area (Å²) in [5, 5.41) is 4.23. The molecule has 2 aromatic rings. The van der Waals surface area contributed by atoms with Gasteiger partial charge in [-0.05, 0) is 35.0 Å². The van der Waals surface area contributed by atoms with E-state index in [1.54, 1.807) is 6.20 Å². The van der Waals surface area contributed by atoms with Crippen LogP contribution in [-0.2, 0) is 13.5 Å². The van der Waals surface area contributed by atoms with Crippen LogP contribution in [0.25, 0.3) is 0 Å². The third-order valence-electron chi connectivity index (χ3n) is 3.05. The average molecular weight is 310 g/mol. The van der Waals surface area contributed by atoms with Crippen molar-refractivity contribution in [2.24, 2.45) is 12.9 Å². The predicted octanol–water partition coefficient (Wildman–Crippen LogP) is 1.63. The van der Waals surface area contributed by atoms with Gasteiger partial charge in [-0.3, -0.25) is 20.9 Å². The Kier molecular flexibility index (Phi) is 4.11. The summed E-state index contributed by atoms with van der Waals surface area (Å²) in [6.45, 7) is 2.03. The Balaban J connectivity index is 2.19. The number of nitrogens with one attached hydrogen (secondary N) is 1.